The van der Waals surface area contributed by atoms with Crippen LogP contribution in [0.1, 0.15) is 32.8 Å². The second-order valence-electron chi connectivity index (χ2n) is 8.07. The third-order valence-corrected chi connectivity index (χ3v) is 7.02. The lowest BCUT2D eigenvalue weighted by Gasteiger charge is -2.32. The Labute approximate surface area is 206 Å². The van der Waals surface area contributed by atoms with Crippen LogP contribution in [0.15, 0.2) is 48.5 Å². The smallest absolute Gasteiger partial charge is 0.244 e. The van der Waals surface area contributed by atoms with Crippen molar-refractivity contribution in [1.29, 1.82) is 0 Å². The molecule has 8 nitrogen and oxygen atoms in total. The maximum atomic E-state index is 13.5. The first-order valence-electron chi connectivity index (χ1n) is 10.9. The number of carbonyl (C=O) groups is 2. The molecule has 0 saturated carbocycles. The van der Waals surface area contributed by atoms with E-state index in [1.165, 1.54) is 12.0 Å². The highest BCUT2D eigenvalue weighted by molar-refractivity contribution is 7.92. The lowest BCUT2D eigenvalue weighted by atomic mass is 10.1. The Kier molecular flexibility index (Phi) is 9.76. The van der Waals surface area contributed by atoms with E-state index in [1.54, 1.807) is 55.5 Å². The van der Waals surface area contributed by atoms with Gasteiger partial charge in [0.05, 0.1) is 19.1 Å². The first-order valence-corrected chi connectivity index (χ1v) is 13.2. The number of benzene rings is 2. The van der Waals surface area contributed by atoms with Gasteiger partial charge < -0.3 is 15.0 Å². The Hall–Kier alpha value is -2.78. The largest absolute Gasteiger partial charge is 0.497 e. The summed E-state index contributed by atoms with van der Waals surface area (Å²) in [5.41, 5.74) is 0.960. The van der Waals surface area contributed by atoms with Crippen LogP contribution in [0.4, 0.5) is 5.69 Å². The van der Waals surface area contributed by atoms with Gasteiger partial charge in [0.25, 0.3) is 0 Å². The van der Waals surface area contributed by atoms with Crippen LogP contribution < -0.4 is 14.4 Å². The molecular weight excluding hydrogens is 478 g/mol. The number of sulfonamides is 1. The summed E-state index contributed by atoms with van der Waals surface area (Å²) in [5, 5.41) is 3.33. The number of amides is 2. The molecule has 0 radical (unpaired) electrons. The number of ether oxygens (including phenoxy) is 1. The third-order valence-electron chi connectivity index (χ3n) is 5.51. The molecule has 2 rings (SSSR count). The topological polar surface area (TPSA) is 96.0 Å². The predicted octanol–water partition coefficient (Wildman–Crippen LogP) is 3.45. The van der Waals surface area contributed by atoms with Crippen molar-refractivity contribution in [2.75, 3.05) is 24.2 Å². The third kappa shape index (κ3) is 7.36. The van der Waals surface area contributed by atoms with Crippen LogP contribution >= 0.6 is 11.6 Å². The van der Waals surface area contributed by atoms with Gasteiger partial charge in [0.2, 0.25) is 21.8 Å². The lowest BCUT2D eigenvalue weighted by molar-refractivity contribution is -0.139. The van der Waals surface area contributed by atoms with Gasteiger partial charge in [-0.25, -0.2) is 8.42 Å². The van der Waals surface area contributed by atoms with Gasteiger partial charge in [0.15, 0.2) is 0 Å². The van der Waals surface area contributed by atoms with Crippen LogP contribution in [-0.2, 0) is 26.2 Å². The number of rotatable bonds is 11. The van der Waals surface area contributed by atoms with E-state index in [0.717, 1.165) is 17.0 Å². The molecule has 0 aromatic heterocycles. The Bertz CT molecular complexity index is 1090. The van der Waals surface area contributed by atoms with E-state index in [1.807, 2.05) is 13.8 Å². The fourth-order valence-corrected chi connectivity index (χ4v) is 4.27. The molecule has 2 aromatic carbocycles. The minimum Gasteiger partial charge on any atom is -0.497 e. The molecule has 0 aliphatic carbocycles. The summed E-state index contributed by atoms with van der Waals surface area (Å²) in [6.45, 7) is 5.01. The number of anilines is 1. The van der Waals surface area contributed by atoms with Gasteiger partial charge in [-0.3, -0.25) is 13.9 Å². The highest BCUT2D eigenvalue weighted by atomic mass is 35.5. The molecule has 0 unspecified atom stereocenters. The number of hydrogen-bond acceptors (Lipinski definition) is 5. The molecule has 0 spiro atoms. The van der Waals surface area contributed by atoms with E-state index in [4.69, 9.17) is 16.3 Å². The van der Waals surface area contributed by atoms with Gasteiger partial charge in [-0.1, -0.05) is 36.7 Å². The summed E-state index contributed by atoms with van der Waals surface area (Å²) < 4.78 is 31.3. The average molecular weight is 510 g/mol. The molecule has 2 atom stereocenters. The Morgan fingerprint density at radius 2 is 1.71 bits per heavy atom. The summed E-state index contributed by atoms with van der Waals surface area (Å²) in [7, 11) is -2.29. The van der Waals surface area contributed by atoms with E-state index >= 15 is 0 Å². The summed E-state index contributed by atoms with van der Waals surface area (Å²) in [6.07, 6.45) is 1.76. The molecule has 0 bridgehead atoms. The van der Waals surface area contributed by atoms with Gasteiger partial charge in [0.1, 0.15) is 18.3 Å². The van der Waals surface area contributed by atoms with Gasteiger partial charge in [-0.05, 0) is 56.2 Å². The van der Waals surface area contributed by atoms with Gasteiger partial charge >= 0.3 is 0 Å². The van der Waals surface area contributed by atoms with Crippen molar-refractivity contribution in [3.63, 3.8) is 0 Å². The standard InChI is InChI=1S/C24H32ClN3O5S/c1-6-17(2)26-24(30)18(3)27(15-19-9-7-8-10-22(19)25)23(29)16-28(34(5,31)32)20-11-13-21(33-4)14-12-20/h7-14,17-18H,6,15-16H2,1-5H3,(H,26,30)/t17-,18-/m1/s1. The molecule has 1 N–H and O–H groups in total. The first-order chi connectivity index (χ1) is 16.0. The molecule has 0 aliphatic heterocycles. The molecule has 34 heavy (non-hydrogen) atoms. The highest BCUT2D eigenvalue weighted by Crippen LogP contribution is 2.23. The van der Waals surface area contributed by atoms with Gasteiger partial charge in [-0.2, -0.15) is 0 Å². The van der Waals surface area contributed by atoms with Crippen LogP contribution in [0.2, 0.25) is 5.02 Å². The fourth-order valence-electron chi connectivity index (χ4n) is 3.22. The molecule has 0 heterocycles. The van der Waals surface area contributed by atoms with Crippen molar-refractivity contribution < 1.29 is 22.7 Å². The summed E-state index contributed by atoms with van der Waals surface area (Å²) in [4.78, 5) is 27.7. The number of carbonyl (C=O) groups excluding carboxylic acids is 2. The molecule has 2 amide bonds. The number of nitrogens with one attached hydrogen (secondary N) is 1. The summed E-state index contributed by atoms with van der Waals surface area (Å²) in [6, 6.07) is 12.4. The predicted molar refractivity (Wildman–Crippen MR) is 135 cm³/mol. The number of nitrogens with zero attached hydrogens (tertiary/aromatic N) is 2. The normalized spacial score (nSPS) is 13.0. The first kappa shape index (κ1) is 27.5. The molecule has 186 valence electrons. The monoisotopic (exact) mass is 509 g/mol. The Morgan fingerprint density at radius 3 is 2.24 bits per heavy atom. The van der Waals surface area contributed by atoms with Crippen molar-refractivity contribution in [1.82, 2.24) is 10.2 Å². The van der Waals surface area contributed by atoms with Crippen LogP contribution in [0.5, 0.6) is 5.75 Å². The lowest BCUT2D eigenvalue weighted by Crippen LogP contribution is -2.52. The van der Waals surface area contributed by atoms with E-state index in [2.05, 4.69) is 5.32 Å². The van der Waals surface area contributed by atoms with Crippen molar-refractivity contribution in [3.05, 3.63) is 59.1 Å². The van der Waals surface area contributed by atoms with E-state index < -0.39 is 28.5 Å². The Balaban J connectivity index is 2.39. The number of halogens is 1. The van der Waals surface area contributed by atoms with E-state index in [9.17, 15) is 18.0 Å². The fraction of sp³-hybridized carbons (Fsp3) is 0.417. The second-order valence-corrected chi connectivity index (χ2v) is 10.4. The van der Waals surface area contributed by atoms with Crippen molar-refractivity contribution in [2.45, 2.75) is 45.8 Å². The van der Waals surface area contributed by atoms with Gasteiger partial charge in [0, 0.05) is 17.6 Å². The van der Waals surface area contributed by atoms with Crippen molar-refractivity contribution >= 4 is 39.1 Å². The number of methoxy groups -OCH3 is 1. The van der Waals surface area contributed by atoms with E-state index in [0.29, 0.717) is 22.0 Å². The Morgan fingerprint density at radius 1 is 1.09 bits per heavy atom. The minimum absolute atomic E-state index is 0.0494. The van der Waals surface area contributed by atoms with Gasteiger partial charge in [-0.15, -0.1) is 0 Å². The zero-order valence-corrected chi connectivity index (χ0v) is 21.7. The maximum Gasteiger partial charge on any atom is 0.244 e. The van der Waals surface area contributed by atoms with Crippen molar-refractivity contribution in [3.8, 4) is 5.75 Å². The summed E-state index contributed by atoms with van der Waals surface area (Å²) >= 11 is 6.31. The van der Waals surface area contributed by atoms with Crippen LogP contribution in [0.25, 0.3) is 0 Å². The quantitative estimate of drug-likeness (QED) is 0.500. The van der Waals surface area contributed by atoms with E-state index in [-0.39, 0.29) is 18.5 Å². The van der Waals surface area contributed by atoms with Crippen LogP contribution in [0.3, 0.4) is 0 Å². The molecule has 0 fully saturated rings. The molecule has 10 heteroatoms. The molecular formula is C24H32ClN3O5S. The zero-order valence-electron chi connectivity index (χ0n) is 20.1. The molecule has 0 aliphatic rings. The average Bonchev–Trinajstić information content (AvgIpc) is 2.80. The van der Waals surface area contributed by atoms with Crippen LogP contribution in [-0.4, -0.2) is 57.1 Å². The highest BCUT2D eigenvalue weighted by Gasteiger charge is 2.30. The SMILES string of the molecule is CC[C@@H](C)NC(=O)[C@@H](C)N(Cc1ccccc1Cl)C(=O)CN(c1ccc(OC)cc1)S(C)(=O)=O. The second kappa shape index (κ2) is 12.1. The number of hydrogen-bond donors (Lipinski definition) is 1. The molecule has 0 saturated heterocycles. The van der Waals surface area contributed by atoms with Crippen molar-refractivity contribution in [2.24, 2.45) is 0 Å². The minimum atomic E-state index is -3.80. The van der Waals surface area contributed by atoms with Crippen LogP contribution in [0, 0.1) is 0 Å². The summed E-state index contributed by atoms with van der Waals surface area (Å²) in [5.74, 6) is -0.308. The molecule has 2 aromatic rings. The zero-order chi connectivity index (χ0) is 25.5. The maximum absolute atomic E-state index is 13.5.